The second kappa shape index (κ2) is 8.24. The lowest BCUT2D eigenvalue weighted by molar-refractivity contribution is 0.0943. The van der Waals surface area contributed by atoms with Crippen LogP contribution in [0.5, 0.6) is 11.8 Å². The van der Waals surface area contributed by atoms with Crippen LogP contribution in [0.2, 0.25) is 0 Å². The number of piperidine rings is 1. The number of nitrogens with zero attached hydrogens (tertiary/aromatic N) is 4. The maximum atomic E-state index is 12.3. The number of carbonyl (C=O) groups excluding carboxylic acids is 1. The van der Waals surface area contributed by atoms with E-state index >= 15 is 0 Å². The van der Waals surface area contributed by atoms with E-state index in [0.29, 0.717) is 47.2 Å². The maximum absolute atomic E-state index is 12.3. The Labute approximate surface area is 158 Å². The second-order valence-corrected chi connectivity index (χ2v) is 6.59. The first kappa shape index (κ1) is 18.9. The number of amides is 1. The molecule has 1 aliphatic rings. The highest BCUT2D eigenvalue weighted by Crippen LogP contribution is 2.24. The fourth-order valence-electron chi connectivity index (χ4n) is 3.21. The summed E-state index contributed by atoms with van der Waals surface area (Å²) >= 11 is 0. The van der Waals surface area contributed by atoms with Gasteiger partial charge in [-0.1, -0.05) is 5.16 Å². The molecule has 1 aliphatic heterocycles. The lowest BCUT2D eigenvalue weighted by Crippen LogP contribution is -2.39. The second-order valence-electron chi connectivity index (χ2n) is 6.59. The lowest BCUT2D eigenvalue weighted by atomic mass is 9.97. The molecule has 0 spiro atoms. The number of hydrogen-bond acceptors (Lipinski definition) is 8. The molecule has 0 unspecified atom stereocenters. The molecular weight excluding hydrogens is 350 g/mol. The van der Waals surface area contributed by atoms with Crippen molar-refractivity contribution in [3.63, 3.8) is 0 Å². The number of nitrogens with one attached hydrogen (secondary N) is 1. The predicted molar refractivity (Wildman–Crippen MR) is 98.4 cm³/mol. The summed E-state index contributed by atoms with van der Waals surface area (Å²) in [4.78, 5) is 23.3. The number of ether oxygens (including phenoxy) is 2. The Morgan fingerprint density at radius 1 is 1.22 bits per heavy atom. The zero-order valence-corrected chi connectivity index (χ0v) is 16.1. The highest BCUT2D eigenvalue weighted by Gasteiger charge is 2.24. The molecule has 2 aromatic rings. The van der Waals surface area contributed by atoms with Crippen molar-refractivity contribution < 1.29 is 18.8 Å². The first-order chi connectivity index (χ1) is 13.0. The van der Waals surface area contributed by atoms with Gasteiger partial charge in [0.05, 0.1) is 26.0 Å². The normalized spacial score (nSPS) is 14.9. The Morgan fingerprint density at radius 2 is 1.85 bits per heavy atom. The molecule has 27 heavy (non-hydrogen) atoms. The van der Waals surface area contributed by atoms with Crippen molar-refractivity contribution in [3.8, 4) is 11.8 Å². The third kappa shape index (κ3) is 4.29. The SMILES string of the molecule is COc1cc(OC)nc(N2CCC(CNC(=O)c3c(C)noc3C)CC2)n1. The summed E-state index contributed by atoms with van der Waals surface area (Å²) in [6, 6.07) is 1.65. The van der Waals surface area contributed by atoms with Crippen LogP contribution >= 0.6 is 0 Å². The van der Waals surface area contributed by atoms with Gasteiger partial charge in [0.2, 0.25) is 17.7 Å². The summed E-state index contributed by atoms with van der Waals surface area (Å²) in [6.45, 7) is 5.76. The number of aryl methyl sites for hydroxylation is 2. The third-order valence-electron chi connectivity index (χ3n) is 4.79. The van der Waals surface area contributed by atoms with E-state index in [1.807, 2.05) is 0 Å². The van der Waals surface area contributed by atoms with E-state index in [2.05, 4.69) is 25.3 Å². The van der Waals surface area contributed by atoms with E-state index in [1.54, 1.807) is 34.1 Å². The van der Waals surface area contributed by atoms with E-state index in [4.69, 9.17) is 14.0 Å². The van der Waals surface area contributed by atoms with E-state index in [1.165, 1.54) is 0 Å². The molecule has 2 aromatic heterocycles. The summed E-state index contributed by atoms with van der Waals surface area (Å²) in [7, 11) is 3.14. The largest absolute Gasteiger partial charge is 0.481 e. The van der Waals surface area contributed by atoms with Crippen molar-refractivity contribution in [2.75, 3.05) is 38.8 Å². The number of hydrogen-bond donors (Lipinski definition) is 1. The Bertz CT molecular complexity index is 757. The average Bonchev–Trinajstić information content (AvgIpc) is 3.04. The van der Waals surface area contributed by atoms with Crippen LogP contribution in [-0.4, -0.2) is 54.9 Å². The van der Waals surface area contributed by atoms with E-state index in [9.17, 15) is 4.79 Å². The fraction of sp³-hybridized carbons (Fsp3) is 0.556. The van der Waals surface area contributed by atoms with Crippen molar-refractivity contribution in [2.45, 2.75) is 26.7 Å². The fourth-order valence-corrected chi connectivity index (χ4v) is 3.21. The molecule has 0 radical (unpaired) electrons. The van der Waals surface area contributed by atoms with Crippen molar-refractivity contribution in [3.05, 3.63) is 23.1 Å². The molecule has 1 amide bonds. The standard InChI is InChI=1S/C18H25N5O4/c1-11-16(12(2)27-22-11)17(24)19-10-13-5-7-23(8-6-13)18-20-14(25-3)9-15(21-18)26-4/h9,13H,5-8,10H2,1-4H3,(H,19,24). The predicted octanol–water partition coefficient (Wildman–Crippen LogP) is 1.75. The van der Waals surface area contributed by atoms with Gasteiger partial charge in [-0.05, 0) is 32.6 Å². The number of rotatable bonds is 6. The van der Waals surface area contributed by atoms with E-state index in [0.717, 1.165) is 25.9 Å². The zero-order valence-electron chi connectivity index (χ0n) is 16.1. The molecule has 9 nitrogen and oxygen atoms in total. The molecule has 1 fully saturated rings. The summed E-state index contributed by atoms with van der Waals surface area (Å²) < 4.78 is 15.5. The summed E-state index contributed by atoms with van der Waals surface area (Å²) in [5, 5.41) is 6.83. The molecule has 0 aromatic carbocycles. The highest BCUT2D eigenvalue weighted by atomic mass is 16.5. The molecule has 9 heteroatoms. The Morgan fingerprint density at radius 3 is 2.37 bits per heavy atom. The Kier molecular flexibility index (Phi) is 5.78. The van der Waals surface area contributed by atoms with Gasteiger partial charge in [-0.3, -0.25) is 4.79 Å². The lowest BCUT2D eigenvalue weighted by Gasteiger charge is -2.32. The van der Waals surface area contributed by atoms with Crippen LogP contribution in [0.1, 0.15) is 34.7 Å². The molecule has 1 N–H and O–H groups in total. The van der Waals surface area contributed by atoms with E-state index in [-0.39, 0.29) is 5.91 Å². The van der Waals surface area contributed by atoms with Gasteiger partial charge in [0.15, 0.2) is 0 Å². The molecule has 0 aliphatic carbocycles. The minimum atomic E-state index is -0.130. The van der Waals surface area contributed by atoms with Gasteiger partial charge in [-0.25, -0.2) is 0 Å². The van der Waals surface area contributed by atoms with Crippen molar-refractivity contribution in [2.24, 2.45) is 5.92 Å². The van der Waals surface area contributed by atoms with Crippen LogP contribution in [0.4, 0.5) is 5.95 Å². The quantitative estimate of drug-likeness (QED) is 0.814. The Balaban J connectivity index is 1.54. The van der Waals surface area contributed by atoms with Gasteiger partial charge in [0.1, 0.15) is 11.3 Å². The Hall–Kier alpha value is -2.84. The van der Waals surface area contributed by atoms with E-state index < -0.39 is 0 Å². The zero-order chi connectivity index (χ0) is 19.4. The van der Waals surface area contributed by atoms with Gasteiger partial charge >= 0.3 is 0 Å². The highest BCUT2D eigenvalue weighted by molar-refractivity contribution is 5.96. The third-order valence-corrected chi connectivity index (χ3v) is 4.79. The first-order valence-electron chi connectivity index (χ1n) is 8.95. The van der Waals surface area contributed by atoms with Crippen molar-refractivity contribution in [1.29, 1.82) is 0 Å². The topological polar surface area (TPSA) is 103 Å². The number of anilines is 1. The van der Waals surface area contributed by atoms with Crippen LogP contribution < -0.4 is 19.7 Å². The van der Waals surface area contributed by atoms with Crippen LogP contribution in [0.15, 0.2) is 10.6 Å². The minimum Gasteiger partial charge on any atom is -0.481 e. The molecule has 3 rings (SSSR count). The summed E-state index contributed by atoms with van der Waals surface area (Å²) in [5.74, 6) is 2.37. The van der Waals surface area contributed by atoms with Gasteiger partial charge in [-0.15, -0.1) is 0 Å². The van der Waals surface area contributed by atoms with Crippen molar-refractivity contribution >= 4 is 11.9 Å². The summed E-state index contributed by atoms with van der Waals surface area (Å²) in [6.07, 6.45) is 1.87. The molecule has 0 saturated carbocycles. The van der Waals surface area contributed by atoms with Crippen LogP contribution in [0, 0.1) is 19.8 Å². The van der Waals surface area contributed by atoms with Gasteiger partial charge in [0, 0.05) is 19.6 Å². The monoisotopic (exact) mass is 375 g/mol. The molecule has 0 atom stereocenters. The molecule has 3 heterocycles. The molecule has 146 valence electrons. The number of methoxy groups -OCH3 is 2. The first-order valence-corrected chi connectivity index (χ1v) is 8.95. The number of carbonyl (C=O) groups is 1. The van der Waals surface area contributed by atoms with Gasteiger partial charge in [-0.2, -0.15) is 9.97 Å². The maximum Gasteiger partial charge on any atom is 0.256 e. The minimum absolute atomic E-state index is 0.130. The van der Waals surface area contributed by atoms with Gasteiger partial charge in [0.25, 0.3) is 5.91 Å². The molecule has 1 saturated heterocycles. The summed E-state index contributed by atoms with van der Waals surface area (Å²) in [5.41, 5.74) is 1.15. The molecular formula is C18H25N5O4. The van der Waals surface area contributed by atoms with Crippen LogP contribution in [0.25, 0.3) is 0 Å². The van der Waals surface area contributed by atoms with Crippen LogP contribution in [0.3, 0.4) is 0 Å². The van der Waals surface area contributed by atoms with Crippen LogP contribution in [-0.2, 0) is 0 Å². The number of aromatic nitrogens is 3. The van der Waals surface area contributed by atoms with Gasteiger partial charge < -0.3 is 24.2 Å². The average molecular weight is 375 g/mol. The smallest absolute Gasteiger partial charge is 0.256 e. The van der Waals surface area contributed by atoms with Crippen molar-refractivity contribution in [1.82, 2.24) is 20.4 Å². The molecule has 0 bridgehead atoms.